The van der Waals surface area contributed by atoms with Crippen LogP contribution in [0.3, 0.4) is 0 Å². The lowest BCUT2D eigenvalue weighted by Gasteiger charge is -2.24. The second kappa shape index (κ2) is 7.22. The number of nitrogens with one attached hydrogen (secondary N) is 2. The summed E-state index contributed by atoms with van der Waals surface area (Å²) in [7, 11) is 1.35. The monoisotopic (exact) mass is 292 g/mol. The molecule has 5 heteroatoms. The number of hydrogen-bond donors (Lipinski definition) is 2. The van der Waals surface area contributed by atoms with Crippen LogP contribution < -0.4 is 10.6 Å². The van der Waals surface area contributed by atoms with Gasteiger partial charge in [0.2, 0.25) is 5.91 Å². The van der Waals surface area contributed by atoms with Crippen molar-refractivity contribution in [1.82, 2.24) is 10.6 Å². The van der Waals surface area contributed by atoms with Gasteiger partial charge >= 0.3 is 5.97 Å². The summed E-state index contributed by atoms with van der Waals surface area (Å²) in [6.07, 6.45) is 0. The number of amides is 1. The maximum atomic E-state index is 12.0. The highest BCUT2D eigenvalue weighted by molar-refractivity contribution is 5.91. The van der Waals surface area contributed by atoms with E-state index in [1.807, 2.05) is 32.9 Å². The minimum Gasteiger partial charge on any atom is -0.465 e. The van der Waals surface area contributed by atoms with E-state index in [1.54, 1.807) is 19.1 Å². The zero-order valence-corrected chi connectivity index (χ0v) is 13.3. The molecule has 0 bridgehead atoms. The molecule has 0 saturated carbocycles. The lowest BCUT2D eigenvalue weighted by molar-refractivity contribution is -0.124. The summed E-state index contributed by atoms with van der Waals surface area (Å²) < 4.78 is 4.75. The summed E-state index contributed by atoms with van der Waals surface area (Å²) in [5.74, 6) is -0.447. The Bertz CT molecular complexity index is 506. The number of ether oxygens (including phenoxy) is 1. The van der Waals surface area contributed by atoms with Crippen molar-refractivity contribution in [3.8, 4) is 0 Å². The van der Waals surface area contributed by atoms with Gasteiger partial charge < -0.3 is 15.4 Å². The molecule has 1 aromatic rings. The molecular weight excluding hydrogens is 268 g/mol. The van der Waals surface area contributed by atoms with Gasteiger partial charge in [-0.25, -0.2) is 4.79 Å². The average molecular weight is 292 g/mol. The highest BCUT2D eigenvalue weighted by atomic mass is 16.5. The number of carbonyl (C=O) groups excluding carboxylic acids is 2. The largest absolute Gasteiger partial charge is 0.465 e. The van der Waals surface area contributed by atoms with E-state index in [2.05, 4.69) is 10.6 Å². The highest BCUT2D eigenvalue weighted by Crippen LogP contribution is 2.10. The predicted molar refractivity (Wildman–Crippen MR) is 82.0 cm³/mol. The molecule has 1 rings (SSSR count). The SMILES string of the molecule is COC(=O)c1ccccc1CNC(C)C(=O)NC(C)(C)C. The fraction of sp³-hybridized carbons (Fsp3) is 0.500. The van der Waals surface area contributed by atoms with Crippen molar-refractivity contribution in [1.29, 1.82) is 0 Å². The van der Waals surface area contributed by atoms with Gasteiger partial charge in [-0.05, 0) is 39.3 Å². The van der Waals surface area contributed by atoms with E-state index >= 15 is 0 Å². The van der Waals surface area contributed by atoms with Crippen LogP contribution in [0.15, 0.2) is 24.3 Å². The molecule has 0 aliphatic carbocycles. The number of hydrogen-bond acceptors (Lipinski definition) is 4. The van der Waals surface area contributed by atoms with Crippen molar-refractivity contribution >= 4 is 11.9 Å². The standard InChI is InChI=1S/C16H24N2O3/c1-11(14(19)18-16(2,3)4)17-10-12-8-6-7-9-13(12)15(20)21-5/h6-9,11,17H,10H2,1-5H3,(H,18,19). The third-order valence-corrected chi connectivity index (χ3v) is 2.91. The number of methoxy groups -OCH3 is 1. The second-order valence-corrected chi connectivity index (χ2v) is 5.99. The second-order valence-electron chi connectivity index (χ2n) is 5.99. The molecule has 1 amide bonds. The van der Waals surface area contributed by atoms with Crippen LogP contribution in [0, 0.1) is 0 Å². The Morgan fingerprint density at radius 2 is 1.86 bits per heavy atom. The van der Waals surface area contributed by atoms with E-state index in [4.69, 9.17) is 4.74 Å². The van der Waals surface area contributed by atoms with Crippen molar-refractivity contribution in [3.63, 3.8) is 0 Å². The smallest absolute Gasteiger partial charge is 0.338 e. The summed E-state index contributed by atoms with van der Waals surface area (Å²) in [6, 6.07) is 6.83. The summed E-state index contributed by atoms with van der Waals surface area (Å²) in [6.45, 7) is 8.02. The summed E-state index contributed by atoms with van der Waals surface area (Å²) in [5.41, 5.74) is 1.05. The van der Waals surface area contributed by atoms with E-state index < -0.39 is 0 Å². The molecule has 0 heterocycles. The first-order valence-corrected chi connectivity index (χ1v) is 6.96. The van der Waals surface area contributed by atoms with Crippen molar-refractivity contribution in [3.05, 3.63) is 35.4 Å². The lowest BCUT2D eigenvalue weighted by Crippen LogP contribution is -2.49. The molecule has 0 spiro atoms. The Kier molecular flexibility index (Phi) is 5.90. The van der Waals surface area contributed by atoms with Gasteiger partial charge in [0.15, 0.2) is 0 Å². The Hall–Kier alpha value is -1.88. The van der Waals surface area contributed by atoms with Gasteiger partial charge in [-0.3, -0.25) is 4.79 Å². The molecule has 0 saturated heterocycles. The molecule has 0 aliphatic heterocycles. The Labute approximate surface area is 126 Å². The van der Waals surface area contributed by atoms with Crippen LogP contribution in [-0.2, 0) is 16.1 Å². The fourth-order valence-corrected chi connectivity index (χ4v) is 1.82. The third kappa shape index (κ3) is 5.55. The molecule has 0 radical (unpaired) electrons. The molecule has 1 atom stereocenters. The van der Waals surface area contributed by atoms with Crippen LogP contribution in [0.1, 0.15) is 43.6 Å². The Morgan fingerprint density at radius 1 is 1.24 bits per heavy atom. The molecule has 0 aliphatic rings. The van der Waals surface area contributed by atoms with Crippen molar-refractivity contribution in [2.75, 3.05) is 7.11 Å². The van der Waals surface area contributed by atoms with E-state index in [0.717, 1.165) is 5.56 Å². The Morgan fingerprint density at radius 3 is 2.43 bits per heavy atom. The zero-order valence-electron chi connectivity index (χ0n) is 13.3. The topological polar surface area (TPSA) is 67.4 Å². The van der Waals surface area contributed by atoms with E-state index in [1.165, 1.54) is 7.11 Å². The molecule has 0 fully saturated rings. The lowest BCUT2D eigenvalue weighted by atomic mass is 10.1. The number of benzene rings is 1. The molecular formula is C16H24N2O3. The molecule has 1 unspecified atom stereocenters. The van der Waals surface area contributed by atoms with Gasteiger partial charge in [0.1, 0.15) is 0 Å². The van der Waals surface area contributed by atoms with Crippen LogP contribution in [0.2, 0.25) is 0 Å². The molecule has 1 aromatic carbocycles. The predicted octanol–water partition coefficient (Wildman–Crippen LogP) is 1.87. The van der Waals surface area contributed by atoms with Gasteiger partial charge in [-0.1, -0.05) is 18.2 Å². The van der Waals surface area contributed by atoms with Crippen molar-refractivity contribution in [2.45, 2.75) is 45.8 Å². The first kappa shape index (κ1) is 17.2. The quantitative estimate of drug-likeness (QED) is 0.813. The number of carbonyl (C=O) groups is 2. The molecule has 21 heavy (non-hydrogen) atoms. The van der Waals surface area contributed by atoms with Gasteiger partial charge in [0.05, 0.1) is 18.7 Å². The van der Waals surface area contributed by atoms with Crippen LogP contribution >= 0.6 is 0 Å². The van der Waals surface area contributed by atoms with Gasteiger partial charge in [0, 0.05) is 12.1 Å². The number of esters is 1. The van der Waals surface area contributed by atoms with Crippen molar-refractivity contribution < 1.29 is 14.3 Å². The minimum atomic E-state index is -0.376. The van der Waals surface area contributed by atoms with Gasteiger partial charge in [-0.15, -0.1) is 0 Å². The average Bonchev–Trinajstić information content (AvgIpc) is 2.42. The molecule has 116 valence electrons. The van der Waals surface area contributed by atoms with Crippen molar-refractivity contribution in [2.24, 2.45) is 0 Å². The van der Waals surface area contributed by atoms with Gasteiger partial charge in [-0.2, -0.15) is 0 Å². The fourth-order valence-electron chi connectivity index (χ4n) is 1.82. The molecule has 0 aromatic heterocycles. The molecule has 5 nitrogen and oxygen atoms in total. The Balaban J connectivity index is 2.67. The van der Waals surface area contributed by atoms with E-state index in [0.29, 0.717) is 12.1 Å². The highest BCUT2D eigenvalue weighted by Gasteiger charge is 2.19. The molecule has 2 N–H and O–H groups in total. The summed E-state index contributed by atoms with van der Waals surface area (Å²) in [4.78, 5) is 23.7. The third-order valence-electron chi connectivity index (χ3n) is 2.91. The normalized spacial score (nSPS) is 12.6. The maximum Gasteiger partial charge on any atom is 0.338 e. The van der Waals surface area contributed by atoms with E-state index in [-0.39, 0.29) is 23.5 Å². The van der Waals surface area contributed by atoms with Crippen LogP contribution in [0.5, 0.6) is 0 Å². The van der Waals surface area contributed by atoms with Crippen LogP contribution in [0.4, 0.5) is 0 Å². The summed E-state index contributed by atoms with van der Waals surface area (Å²) >= 11 is 0. The minimum absolute atomic E-state index is 0.0713. The zero-order chi connectivity index (χ0) is 16.0. The first-order chi connectivity index (χ1) is 9.74. The summed E-state index contributed by atoms with van der Waals surface area (Å²) in [5, 5.41) is 6.03. The van der Waals surface area contributed by atoms with Crippen LogP contribution in [0.25, 0.3) is 0 Å². The maximum absolute atomic E-state index is 12.0. The first-order valence-electron chi connectivity index (χ1n) is 6.96. The number of rotatable bonds is 5. The van der Waals surface area contributed by atoms with Gasteiger partial charge in [0.25, 0.3) is 0 Å². The van der Waals surface area contributed by atoms with Crippen LogP contribution in [-0.4, -0.2) is 30.6 Å². The van der Waals surface area contributed by atoms with E-state index in [9.17, 15) is 9.59 Å².